The molecule has 0 radical (unpaired) electrons. The lowest BCUT2D eigenvalue weighted by Gasteiger charge is -2.18. The zero-order valence-electron chi connectivity index (χ0n) is 17.1. The summed E-state index contributed by atoms with van der Waals surface area (Å²) in [4.78, 5) is 15.8. The van der Waals surface area contributed by atoms with Crippen molar-refractivity contribution in [2.75, 3.05) is 26.7 Å². The summed E-state index contributed by atoms with van der Waals surface area (Å²) in [6.45, 7) is 8.41. The molecule has 29 heavy (non-hydrogen) atoms. The Labute approximate surface area is 181 Å². The van der Waals surface area contributed by atoms with Crippen molar-refractivity contribution in [1.29, 1.82) is 0 Å². The maximum Gasteiger partial charge on any atom is 0.212 e. The zero-order valence-corrected chi connectivity index (χ0v) is 18.7. The van der Waals surface area contributed by atoms with Gasteiger partial charge in [-0.2, -0.15) is 0 Å². The van der Waals surface area contributed by atoms with Gasteiger partial charge >= 0.3 is 0 Å². The lowest BCUT2D eigenvalue weighted by molar-refractivity contribution is 0.294. The Morgan fingerprint density at radius 3 is 2.55 bits per heavy atom. The van der Waals surface area contributed by atoms with Gasteiger partial charge in [-0.05, 0) is 50.3 Å². The Bertz CT molecular complexity index is 1190. The minimum absolute atomic E-state index is 0. The van der Waals surface area contributed by atoms with E-state index in [1.807, 2.05) is 18.2 Å². The minimum atomic E-state index is 0. The number of hydrogen-bond donors (Lipinski definition) is 0. The normalized spacial score (nSPS) is 11.4. The summed E-state index contributed by atoms with van der Waals surface area (Å²) in [5, 5.41) is 1.93. The van der Waals surface area contributed by atoms with E-state index in [2.05, 4.69) is 47.6 Å². The smallest absolute Gasteiger partial charge is 0.212 e. The van der Waals surface area contributed by atoms with Crippen LogP contribution < -0.4 is 10.2 Å². The molecule has 2 heterocycles. The molecule has 154 valence electrons. The summed E-state index contributed by atoms with van der Waals surface area (Å²) in [5.74, 6) is 0.783. The molecular formula is C23H27ClN2O2S. The van der Waals surface area contributed by atoms with Crippen molar-refractivity contribution in [1.82, 2.24) is 9.47 Å². The molecule has 2 aromatic carbocycles. The van der Waals surface area contributed by atoms with Crippen LogP contribution in [-0.2, 0) is 6.54 Å². The third-order valence-corrected chi connectivity index (χ3v) is 6.71. The highest BCUT2D eigenvalue weighted by Gasteiger charge is 2.17. The van der Waals surface area contributed by atoms with Crippen molar-refractivity contribution >= 4 is 54.9 Å². The van der Waals surface area contributed by atoms with Gasteiger partial charge in [0.05, 0.1) is 17.3 Å². The lowest BCUT2D eigenvalue weighted by Crippen LogP contribution is -2.25. The third kappa shape index (κ3) is 3.87. The fraction of sp³-hybridized carbons (Fsp3) is 0.348. The number of fused-ring (bicyclic) bond motifs is 4. The maximum absolute atomic E-state index is 13.4. The minimum Gasteiger partial charge on any atom is -0.497 e. The van der Waals surface area contributed by atoms with Crippen LogP contribution in [0.15, 0.2) is 47.3 Å². The van der Waals surface area contributed by atoms with Crippen LogP contribution in [0.25, 0.3) is 31.2 Å². The van der Waals surface area contributed by atoms with Gasteiger partial charge in [-0.1, -0.05) is 32.0 Å². The quantitative estimate of drug-likeness (QED) is 0.386. The second kappa shape index (κ2) is 9.16. The van der Waals surface area contributed by atoms with Crippen LogP contribution in [-0.4, -0.2) is 36.2 Å². The number of para-hydroxylation sites is 1. The van der Waals surface area contributed by atoms with E-state index < -0.39 is 0 Å². The number of aromatic nitrogens is 1. The van der Waals surface area contributed by atoms with E-state index in [4.69, 9.17) is 4.74 Å². The standard InChI is InChI=1S/C23H26N2O2S.ClH/c1-4-24(5-2)13-8-14-25-19-10-7-6-9-17(19)23-21(25)22(26)18-12-11-16(27-3)15-20(18)28-23;/h6-7,9-12,15H,4-5,8,13-14H2,1-3H3;1H. The maximum atomic E-state index is 13.4. The average Bonchev–Trinajstić information content (AvgIpc) is 3.05. The summed E-state index contributed by atoms with van der Waals surface area (Å²) in [7, 11) is 1.66. The number of benzene rings is 2. The second-order valence-electron chi connectivity index (χ2n) is 7.02. The van der Waals surface area contributed by atoms with Crippen molar-refractivity contribution in [3.63, 3.8) is 0 Å². The molecule has 6 heteroatoms. The monoisotopic (exact) mass is 430 g/mol. The molecule has 0 saturated carbocycles. The van der Waals surface area contributed by atoms with Gasteiger partial charge in [-0.25, -0.2) is 0 Å². The Kier molecular flexibility index (Phi) is 6.83. The topological polar surface area (TPSA) is 34.5 Å². The molecule has 0 bridgehead atoms. The zero-order chi connectivity index (χ0) is 19.7. The summed E-state index contributed by atoms with van der Waals surface area (Å²) < 4.78 is 9.64. The number of hydrogen-bond acceptors (Lipinski definition) is 4. The molecule has 4 aromatic rings. The van der Waals surface area contributed by atoms with Crippen LogP contribution in [0.5, 0.6) is 5.75 Å². The summed E-state index contributed by atoms with van der Waals surface area (Å²) in [6.07, 6.45) is 1.03. The van der Waals surface area contributed by atoms with Crippen LogP contribution >= 0.6 is 23.7 Å². The van der Waals surface area contributed by atoms with Crippen molar-refractivity contribution < 1.29 is 4.74 Å². The Morgan fingerprint density at radius 1 is 1.07 bits per heavy atom. The molecule has 0 N–H and O–H groups in total. The first kappa shape index (κ1) is 21.6. The van der Waals surface area contributed by atoms with Crippen LogP contribution in [0, 0.1) is 0 Å². The van der Waals surface area contributed by atoms with Crippen molar-refractivity contribution in [3.8, 4) is 5.75 Å². The molecule has 0 aliphatic carbocycles. The van der Waals surface area contributed by atoms with Gasteiger partial charge in [-0.15, -0.1) is 23.7 Å². The van der Waals surface area contributed by atoms with Crippen LogP contribution in [0.1, 0.15) is 20.3 Å². The Balaban J connectivity index is 0.00000240. The van der Waals surface area contributed by atoms with Crippen molar-refractivity contribution in [3.05, 3.63) is 52.7 Å². The number of aryl methyl sites for hydroxylation is 1. The van der Waals surface area contributed by atoms with Gasteiger partial charge in [0, 0.05) is 22.0 Å². The molecule has 2 aromatic heterocycles. The van der Waals surface area contributed by atoms with Crippen LogP contribution in [0.2, 0.25) is 0 Å². The van der Waals surface area contributed by atoms with E-state index in [0.717, 1.165) is 69.6 Å². The molecule has 0 saturated heterocycles. The molecule has 0 unspecified atom stereocenters. The first-order chi connectivity index (χ1) is 13.7. The van der Waals surface area contributed by atoms with Crippen LogP contribution in [0.3, 0.4) is 0 Å². The van der Waals surface area contributed by atoms with E-state index >= 15 is 0 Å². The highest BCUT2D eigenvalue weighted by atomic mass is 35.5. The first-order valence-corrected chi connectivity index (χ1v) is 10.7. The van der Waals surface area contributed by atoms with E-state index in [-0.39, 0.29) is 17.8 Å². The van der Waals surface area contributed by atoms with Crippen molar-refractivity contribution in [2.45, 2.75) is 26.8 Å². The first-order valence-electron chi connectivity index (χ1n) is 9.92. The number of ether oxygens (including phenoxy) is 1. The highest BCUT2D eigenvalue weighted by molar-refractivity contribution is 7.25. The molecule has 0 aliphatic heterocycles. The van der Waals surface area contributed by atoms with Crippen molar-refractivity contribution in [2.24, 2.45) is 0 Å². The van der Waals surface area contributed by atoms with Gasteiger partial charge in [0.1, 0.15) is 11.3 Å². The number of rotatable bonds is 7. The molecular weight excluding hydrogens is 404 g/mol. The summed E-state index contributed by atoms with van der Waals surface area (Å²) in [5.41, 5.74) is 2.10. The summed E-state index contributed by atoms with van der Waals surface area (Å²) >= 11 is 1.68. The second-order valence-corrected chi connectivity index (χ2v) is 8.07. The Hall–Kier alpha value is -2.08. The fourth-order valence-electron chi connectivity index (χ4n) is 3.96. The molecule has 0 amide bonds. The number of methoxy groups -OCH3 is 1. The molecule has 0 fully saturated rings. The van der Waals surface area contributed by atoms with Gasteiger partial charge in [0.2, 0.25) is 5.43 Å². The number of nitrogens with zero attached hydrogens (tertiary/aromatic N) is 2. The SMILES string of the molecule is CCN(CC)CCCn1c2ccccc2c2sc3cc(OC)ccc3c(=O)c21.Cl. The highest BCUT2D eigenvalue weighted by Crippen LogP contribution is 2.34. The Morgan fingerprint density at radius 2 is 1.83 bits per heavy atom. The van der Waals surface area contributed by atoms with Gasteiger partial charge in [0.25, 0.3) is 0 Å². The van der Waals surface area contributed by atoms with Crippen LogP contribution in [0.4, 0.5) is 0 Å². The molecule has 0 spiro atoms. The molecule has 4 rings (SSSR count). The van der Waals surface area contributed by atoms with E-state index in [1.165, 1.54) is 0 Å². The number of halogens is 1. The molecule has 4 nitrogen and oxygen atoms in total. The third-order valence-electron chi connectivity index (χ3n) is 5.54. The van der Waals surface area contributed by atoms with Gasteiger partial charge in [-0.3, -0.25) is 4.79 Å². The van der Waals surface area contributed by atoms with E-state index in [9.17, 15) is 4.79 Å². The molecule has 0 aliphatic rings. The van der Waals surface area contributed by atoms with E-state index in [1.54, 1.807) is 18.4 Å². The predicted octanol–water partition coefficient (Wildman–Crippen LogP) is 5.53. The van der Waals surface area contributed by atoms with E-state index in [0.29, 0.717) is 0 Å². The average molecular weight is 431 g/mol. The largest absolute Gasteiger partial charge is 0.497 e. The lowest BCUT2D eigenvalue weighted by atomic mass is 10.2. The predicted molar refractivity (Wildman–Crippen MR) is 127 cm³/mol. The van der Waals surface area contributed by atoms with Gasteiger partial charge in [0.15, 0.2) is 0 Å². The molecule has 0 atom stereocenters. The summed E-state index contributed by atoms with van der Waals surface area (Å²) in [6, 6.07) is 14.1. The van der Waals surface area contributed by atoms with Gasteiger partial charge < -0.3 is 14.2 Å². The fourth-order valence-corrected chi connectivity index (χ4v) is 5.21.